The largest absolute Gasteiger partial charge is 0.481 e. The summed E-state index contributed by atoms with van der Waals surface area (Å²) in [5.41, 5.74) is 12.1. The lowest BCUT2D eigenvalue weighted by Gasteiger charge is -2.78. The van der Waals surface area contributed by atoms with Crippen molar-refractivity contribution in [3.8, 4) is 0 Å². The van der Waals surface area contributed by atoms with Crippen LogP contribution in [0.3, 0.4) is 0 Å². The van der Waals surface area contributed by atoms with E-state index in [1.54, 1.807) is 18.3 Å². The number of methoxy groups -OCH3 is 1. The molecule has 7 heteroatoms. The van der Waals surface area contributed by atoms with Gasteiger partial charge in [0, 0.05) is 53.7 Å². The number of aliphatic carboxylic acids is 1. The number of hydrogen-bond acceptors (Lipinski definition) is 6. The number of benzene rings is 3. The van der Waals surface area contributed by atoms with Crippen LogP contribution in [-0.4, -0.2) is 60.3 Å². The SMILES string of the molecule is C=C1CC[C@@H](C(=O)O)[C@H]2[C@H](O)C[C@]34C5=C(C[C@H](C[C@H]6C=C[C@H]7C[C@]63CC[C@H]7Cc3ccc(CCOC)cc3)[C@]24C)[C@]23CC[C@H](O)[C@@]4(C)CC=C[C@@](C=C6C(=c7ccccc7=C[C@H]62)Cc2cccc(c2)C2=CC=C(NCCC[C@H]1C1CCCCC1)NC2)(C5)[C@@H]43. The van der Waals surface area contributed by atoms with Crippen LogP contribution in [0.2, 0.25) is 0 Å². The van der Waals surface area contributed by atoms with Crippen molar-refractivity contribution in [3.05, 3.63) is 183 Å². The van der Waals surface area contributed by atoms with Gasteiger partial charge in [0.25, 0.3) is 0 Å². The molecule has 3 aromatic carbocycles. The molecule has 3 spiro atoms. The number of dihydropyridines is 1. The van der Waals surface area contributed by atoms with Gasteiger partial charge in [-0.15, -0.1) is 0 Å². The number of rotatable bonds is 7. The van der Waals surface area contributed by atoms with Gasteiger partial charge in [-0.1, -0.05) is 172 Å². The summed E-state index contributed by atoms with van der Waals surface area (Å²) in [6.07, 6.45) is 41.2. The Hall–Kier alpha value is -5.47. The van der Waals surface area contributed by atoms with Gasteiger partial charge >= 0.3 is 5.97 Å². The Morgan fingerprint density at radius 1 is 0.852 bits per heavy atom. The first-order valence-electron chi connectivity index (χ1n) is 35.2. The van der Waals surface area contributed by atoms with Crippen molar-refractivity contribution < 1.29 is 24.9 Å². The van der Waals surface area contributed by atoms with Crippen LogP contribution in [0.1, 0.15) is 158 Å². The van der Waals surface area contributed by atoms with Crippen LogP contribution in [0, 0.1) is 91.7 Å². The number of allylic oxidation sites excluding steroid dienone is 11. The van der Waals surface area contributed by atoms with Gasteiger partial charge in [-0.2, -0.15) is 0 Å². The van der Waals surface area contributed by atoms with Crippen molar-refractivity contribution in [2.24, 2.45) is 91.7 Å². The molecule has 5 saturated carbocycles. The fraction of sp³-hybridized carbons (Fsp3) is 0.568. The molecule has 6 heterocycles. The molecule has 462 valence electrons. The Balaban J connectivity index is 0.894. The predicted octanol–water partition coefficient (Wildman–Crippen LogP) is 14.1. The lowest BCUT2D eigenvalue weighted by Crippen LogP contribution is -2.72. The number of aliphatic hydroxyl groups is 2. The molecule has 0 amide bonds. The van der Waals surface area contributed by atoms with E-state index in [4.69, 9.17) is 11.3 Å². The van der Waals surface area contributed by atoms with Crippen LogP contribution in [-0.2, 0) is 28.8 Å². The minimum atomic E-state index is -0.750. The number of aliphatic hydroxyl groups excluding tert-OH is 2. The molecule has 0 unspecified atom stereocenters. The second kappa shape index (κ2) is 21.6. The minimum Gasteiger partial charge on any atom is -0.481 e. The fourth-order valence-electron chi connectivity index (χ4n) is 24.8. The third kappa shape index (κ3) is 8.38. The van der Waals surface area contributed by atoms with Crippen molar-refractivity contribution in [1.82, 2.24) is 10.6 Å². The Morgan fingerprint density at radius 3 is 2.51 bits per heavy atom. The zero-order chi connectivity index (χ0) is 60.0. The van der Waals surface area contributed by atoms with E-state index in [-0.39, 0.29) is 34.0 Å². The van der Waals surface area contributed by atoms with E-state index in [0.29, 0.717) is 48.9 Å². The molecular formula is C81H98N2O5. The normalized spacial score (nSPS) is 41.2. The highest BCUT2D eigenvalue weighted by atomic mass is 16.5. The van der Waals surface area contributed by atoms with Gasteiger partial charge in [-0.05, 0) is 230 Å². The van der Waals surface area contributed by atoms with Crippen LogP contribution in [0.4, 0.5) is 0 Å². The van der Waals surface area contributed by atoms with Gasteiger partial charge in [0.15, 0.2) is 0 Å². The second-order valence-corrected chi connectivity index (χ2v) is 31.6. The zero-order valence-corrected chi connectivity index (χ0v) is 53.0. The van der Waals surface area contributed by atoms with Gasteiger partial charge in [-0.3, -0.25) is 4.79 Å². The monoisotopic (exact) mass is 1180 g/mol. The Labute approximate surface area is 524 Å². The average Bonchev–Trinajstić information content (AvgIpc) is 1.11. The molecule has 7 nitrogen and oxygen atoms in total. The molecule has 17 aliphatic rings. The number of carboxylic acids is 1. The quantitative estimate of drug-likeness (QED) is 0.150. The number of nitrogens with one attached hydrogen (secondary N) is 2. The van der Waals surface area contributed by atoms with Crippen molar-refractivity contribution in [2.75, 3.05) is 26.8 Å². The third-order valence-electron chi connectivity index (χ3n) is 28.2. The Kier molecular flexibility index (Phi) is 14.1. The lowest BCUT2D eigenvalue weighted by molar-refractivity contribution is -0.215. The van der Waals surface area contributed by atoms with E-state index in [0.717, 1.165) is 115 Å². The van der Waals surface area contributed by atoms with E-state index in [1.807, 2.05) is 0 Å². The molecule has 11 aliphatic carbocycles. The van der Waals surface area contributed by atoms with Crippen molar-refractivity contribution in [3.63, 3.8) is 0 Å². The predicted molar refractivity (Wildman–Crippen MR) is 352 cm³/mol. The molecule has 20 rings (SSSR count). The Morgan fingerprint density at radius 2 is 1.69 bits per heavy atom. The molecule has 0 saturated heterocycles. The maximum atomic E-state index is 14.8. The standard InChI is InChI=1S/C81H98N2O5/c1-50-20-28-64(74(86)87)73-70(84)48-81-69-47-78-34-12-33-76(2)71(85)31-36-80(75(76)78,68(69)44-61(77(73,81)3)43-60-27-25-58-45-79(60,81)35-30-56(58)39-52-23-21-51(22-24-52)32-38-88-4)67-42-57-16-8-9-18-63(57)65(66(67)46-78)41-53-13-10-17-55(40-53)59-26-29-72(83-49-59)82-37-11-19-62(50)54-14-6-5-7-15-54/h8-10,12-13,16-18,21-27,29,34,40,42,46,54,56,58,60-62,64,67,70-71,73,75,82-85H,1,5-7,11,14-15,19-20,28,30-33,35-39,41,43-45,47-49H2,2-4H3,(H,86,87)/t56-,58-,60+,61-,62+,64+,67+,70+,71-,73-,75+,76+,77+,78+,79+,80-,81+/m0/s1. The summed E-state index contributed by atoms with van der Waals surface area (Å²) in [6, 6.07) is 28.1. The molecular weight excluding hydrogens is 1080 g/mol. The summed E-state index contributed by atoms with van der Waals surface area (Å²) in [4.78, 5) is 14.8. The van der Waals surface area contributed by atoms with Crippen LogP contribution in [0.25, 0.3) is 17.2 Å². The van der Waals surface area contributed by atoms with E-state index >= 15 is 0 Å². The van der Waals surface area contributed by atoms with E-state index in [2.05, 4.69) is 146 Å². The number of ether oxygens (including phenoxy) is 1. The molecule has 6 aliphatic heterocycles. The summed E-state index contributed by atoms with van der Waals surface area (Å²) < 4.78 is 5.46. The van der Waals surface area contributed by atoms with E-state index in [1.165, 1.54) is 87.1 Å². The highest BCUT2D eigenvalue weighted by molar-refractivity contribution is 5.78. The maximum Gasteiger partial charge on any atom is 0.306 e. The lowest BCUT2D eigenvalue weighted by atomic mass is 9.26. The molecule has 0 radical (unpaired) electrons. The number of fused-ring (bicyclic) bond motifs is 2. The van der Waals surface area contributed by atoms with Gasteiger partial charge in [-0.25, -0.2) is 0 Å². The number of hydrogen-bond donors (Lipinski definition) is 5. The summed E-state index contributed by atoms with van der Waals surface area (Å²) >= 11 is 0. The minimum absolute atomic E-state index is 0.102. The Bertz CT molecular complexity index is 3650. The van der Waals surface area contributed by atoms with Crippen LogP contribution in [0.15, 0.2) is 150 Å². The first-order chi connectivity index (χ1) is 42.7. The molecule has 88 heavy (non-hydrogen) atoms. The number of carboxylic acid groups (broad SMARTS) is 1. The van der Waals surface area contributed by atoms with Crippen LogP contribution in [0.5, 0.6) is 0 Å². The summed E-state index contributed by atoms with van der Waals surface area (Å²) in [5.74, 6) is 1.94. The van der Waals surface area contributed by atoms with Crippen molar-refractivity contribution in [1.29, 1.82) is 0 Å². The van der Waals surface area contributed by atoms with Gasteiger partial charge in [0.2, 0.25) is 0 Å². The molecule has 0 aromatic heterocycles. The van der Waals surface area contributed by atoms with E-state index in [9.17, 15) is 20.1 Å². The smallest absolute Gasteiger partial charge is 0.306 e. The van der Waals surface area contributed by atoms with Crippen molar-refractivity contribution >= 4 is 23.2 Å². The molecule has 17 bridgehead atoms. The number of carbonyl (C=O) groups is 1. The fourth-order valence-corrected chi connectivity index (χ4v) is 24.8. The third-order valence-corrected chi connectivity index (χ3v) is 28.2. The summed E-state index contributed by atoms with van der Waals surface area (Å²) in [5, 5.41) is 49.1. The van der Waals surface area contributed by atoms with Crippen LogP contribution >= 0.6 is 0 Å². The van der Waals surface area contributed by atoms with E-state index < -0.39 is 46.3 Å². The molecule has 5 fully saturated rings. The average molecular weight is 1180 g/mol. The van der Waals surface area contributed by atoms with Gasteiger partial charge < -0.3 is 30.7 Å². The van der Waals surface area contributed by atoms with Gasteiger partial charge in [0.05, 0.1) is 30.6 Å². The molecule has 5 N–H and O–H groups in total. The second-order valence-electron chi connectivity index (χ2n) is 31.6. The molecule has 3 aromatic rings. The summed E-state index contributed by atoms with van der Waals surface area (Å²) in [7, 11) is 1.78. The first kappa shape index (κ1) is 57.7. The van der Waals surface area contributed by atoms with Crippen LogP contribution < -0.4 is 21.1 Å². The van der Waals surface area contributed by atoms with Gasteiger partial charge in [0.1, 0.15) is 0 Å². The zero-order valence-electron chi connectivity index (χ0n) is 53.0. The highest BCUT2D eigenvalue weighted by Crippen LogP contribution is 2.88. The highest BCUT2D eigenvalue weighted by Gasteiger charge is 2.82. The summed E-state index contributed by atoms with van der Waals surface area (Å²) in [6.45, 7) is 12.4. The maximum absolute atomic E-state index is 14.8. The first-order valence-corrected chi connectivity index (χ1v) is 35.2. The molecule has 17 atom stereocenters. The van der Waals surface area contributed by atoms with Crippen molar-refractivity contribution in [2.45, 2.75) is 167 Å². The topological polar surface area (TPSA) is 111 Å².